The Balaban J connectivity index is 2.12. The molecule has 1 fully saturated rings. The number of hydrogen-bond donors (Lipinski definition) is 0. The molecule has 0 unspecified atom stereocenters. The highest BCUT2D eigenvalue weighted by atomic mass is 79.9. The third kappa shape index (κ3) is 2.21. The first kappa shape index (κ1) is 14.8. The Morgan fingerprint density at radius 3 is 2.78 bits per heavy atom. The zero-order valence-electron chi connectivity index (χ0n) is 13.2. The summed E-state index contributed by atoms with van der Waals surface area (Å²) in [6.45, 7) is 4.94. The molecule has 4 rings (SSSR count). The van der Waals surface area contributed by atoms with Gasteiger partial charge < -0.3 is 4.57 Å². The molecule has 3 aromatic rings. The fourth-order valence-corrected chi connectivity index (χ4v) is 3.31. The summed E-state index contributed by atoms with van der Waals surface area (Å²) in [5, 5.41) is 8.53. The Labute approximate surface area is 141 Å². The van der Waals surface area contributed by atoms with Gasteiger partial charge in [0.2, 0.25) is 5.65 Å². The third-order valence-electron chi connectivity index (χ3n) is 4.69. The first-order valence-electron chi connectivity index (χ1n) is 7.99. The van der Waals surface area contributed by atoms with E-state index in [1.54, 1.807) is 10.8 Å². The Bertz CT molecular complexity index is 970. The fraction of sp³-hybridized carbons (Fsp3) is 0.500. The van der Waals surface area contributed by atoms with Crippen LogP contribution in [0.15, 0.2) is 21.5 Å². The van der Waals surface area contributed by atoms with Crippen molar-refractivity contribution in [3.8, 4) is 0 Å². The van der Waals surface area contributed by atoms with Crippen molar-refractivity contribution in [2.75, 3.05) is 0 Å². The van der Waals surface area contributed by atoms with Gasteiger partial charge in [-0.1, -0.05) is 20.3 Å². The van der Waals surface area contributed by atoms with Gasteiger partial charge in [-0.05, 0) is 41.3 Å². The molecule has 120 valence electrons. The minimum Gasteiger partial charge on any atom is -0.302 e. The van der Waals surface area contributed by atoms with Crippen LogP contribution in [0, 0.1) is 0 Å². The number of nitrogens with zero attached hydrogens (tertiary/aromatic N) is 5. The first-order chi connectivity index (χ1) is 11.0. The Morgan fingerprint density at radius 1 is 1.30 bits per heavy atom. The van der Waals surface area contributed by atoms with Crippen molar-refractivity contribution in [1.82, 2.24) is 24.1 Å². The summed E-state index contributed by atoms with van der Waals surface area (Å²) in [5.41, 5.74) is 1.89. The number of rotatable bonds is 4. The highest BCUT2D eigenvalue weighted by molar-refractivity contribution is 9.10. The van der Waals surface area contributed by atoms with Gasteiger partial charge in [-0.15, -0.1) is 10.2 Å². The van der Waals surface area contributed by atoms with Gasteiger partial charge in [-0.2, -0.15) is 0 Å². The number of fused-ring (bicyclic) bond motifs is 3. The molecule has 23 heavy (non-hydrogen) atoms. The molecule has 0 aliphatic heterocycles. The molecule has 3 aromatic heterocycles. The van der Waals surface area contributed by atoms with Gasteiger partial charge in [-0.3, -0.25) is 9.20 Å². The minimum atomic E-state index is -0.0890. The van der Waals surface area contributed by atoms with E-state index in [2.05, 4.69) is 45.0 Å². The second-order valence-electron chi connectivity index (χ2n) is 6.55. The molecule has 0 N–H and O–H groups in total. The summed E-state index contributed by atoms with van der Waals surface area (Å²) >= 11 is 3.47. The van der Waals surface area contributed by atoms with Crippen LogP contribution >= 0.6 is 15.9 Å². The molecule has 1 saturated carbocycles. The molecule has 6 nitrogen and oxygen atoms in total. The first-order valence-corrected chi connectivity index (χ1v) is 8.78. The van der Waals surface area contributed by atoms with Gasteiger partial charge >= 0.3 is 0 Å². The van der Waals surface area contributed by atoms with Crippen LogP contribution in [0.4, 0.5) is 0 Å². The SMILES string of the molecule is CCCCn1c(=O)c2nnc(C3(C)CC3)n2c2ncc(Br)cc21. The molecule has 0 spiro atoms. The Morgan fingerprint density at radius 2 is 2.09 bits per heavy atom. The topological polar surface area (TPSA) is 65.1 Å². The second-order valence-corrected chi connectivity index (χ2v) is 7.47. The van der Waals surface area contributed by atoms with Crippen LogP contribution in [-0.2, 0) is 12.0 Å². The number of pyridine rings is 1. The third-order valence-corrected chi connectivity index (χ3v) is 5.12. The van der Waals surface area contributed by atoms with Gasteiger partial charge in [0.05, 0.1) is 5.52 Å². The van der Waals surface area contributed by atoms with E-state index in [1.807, 2.05) is 10.5 Å². The van der Waals surface area contributed by atoms with Crippen LogP contribution in [0.3, 0.4) is 0 Å². The highest BCUT2D eigenvalue weighted by Gasteiger charge is 2.44. The van der Waals surface area contributed by atoms with Crippen molar-refractivity contribution in [1.29, 1.82) is 0 Å². The van der Waals surface area contributed by atoms with Gasteiger partial charge in [0, 0.05) is 22.6 Å². The molecular formula is C16H18BrN5O. The second kappa shape index (κ2) is 5.12. The van der Waals surface area contributed by atoms with Gasteiger partial charge in [-0.25, -0.2) is 4.98 Å². The lowest BCUT2D eigenvalue weighted by molar-refractivity contribution is 0.628. The average Bonchev–Trinajstić information content (AvgIpc) is 3.11. The molecule has 0 atom stereocenters. The smallest absolute Gasteiger partial charge is 0.296 e. The van der Waals surface area contributed by atoms with Crippen LogP contribution in [0.5, 0.6) is 0 Å². The van der Waals surface area contributed by atoms with E-state index in [0.717, 1.165) is 47.1 Å². The zero-order valence-corrected chi connectivity index (χ0v) is 14.8. The van der Waals surface area contributed by atoms with Crippen LogP contribution in [0.1, 0.15) is 45.4 Å². The maximum absolute atomic E-state index is 12.9. The maximum atomic E-state index is 12.9. The summed E-state index contributed by atoms with van der Waals surface area (Å²) in [5.74, 6) is 0.854. The van der Waals surface area contributed by atoms with Crippen LogP contribution in [-0.4, -0.2) is 24.1 Å². The predicted molar refractivity (Wildman–Crippen MR) is 91.7 cm³/mol. The molecule has 1 aliphatic rings. The van der Waals surface area contributed by atoms with E-state index in [0.29, 0.717) is 12.2 Å². The lowest BCUT2D eigenvalue weighted by Gasteiger charge is -2.13. The Kier molecular flexibility index (Phi) is 3.30. The standard InChI is InChI=1S/C16H18BrN5O/c1-3-4-7-21-11-8-10(17)9-18-12(11)22-13(14(21)23)19-20-15(22)16(2)5-6-16/h8-9H,3-7H2,1-2H3. The summed E-state index contributed by atoms with van der Waals surface area (Å²) in [7, 11) is 0. The van der Waals surface area contributed by atoms with E-state index in [-0.39, 0.29) is 11.0 Å². The van der Waals surface area contributed by atoms with Crippen LogP contribution in [0.2, 0.25) is 0 Å². The normalized spacial score (nSPS) is 16.3. The van der Waals surface area contributed by atoms with Gasteiger partial charge in [0.15, 0.2) is 5.65 Å². The van der Waals surface area contributed by atoms with Gasteiger partial charge in [0.1, 0.15) is 5.82 Å². The van der Waals surface area contributed by atoms with Crippen molar-refractivity contribution in [3.63, 3.8) is 0 Å². The van der Waals surface area contributed by atoms with Crippen molar-refractivity contribution in [3.05, 3.63) is 32.9 Å². The van der Waals surface area contributed by atoms with Crippen molar-refractivity contribution in [2.45, 2.75) is 51.5 Å². The molecule has 0 saturated heterocycles. The zero-order chi connectivity index (χ0) is 16.2. The molecule has 3 heterocycles. The molecule has 0 amide bonds. The summed E-state index contributed by atoms with van der Waals surface area (Å²) in [4.78, 5) is 17.5. The maximum Gasteiger partial charge on any atom is 0.296 e. The molecule has 7 heteroatoms. The van der Waals surface area contributed by atoms with Crippen molar-refractivity contribution < 1.29 is 0 Å². The number of aromatic nitrogens is 5. The fourth-order valence-electron chi connectivity index (χ4n) is 2.99. The number of halogens is 1. The summed E-state index contributed by atoms with van der Waals surface area (Å²) < 4.78 is 4.50. The molecule has 1 aliphatic carbocycles. The van der Waals surface area contributed by atoms with Crippen LogP contribution in [0.25, 0.3) is 16.8 Å². The van der Waals surface area contributed by atoms with Crippen LogP contribution < -0.4 is 5.56 Å². The monoisotopic (exact) mass is 375 g/mol. The minimum absolute atomic E-state index is 0.0170. The molecular weight excluding hydrogens is 358 g/mol. The van der Waals surface area contributed by atoms with E-state index >= 15 is 0 Å². The van der Waals surface area contributed by atoms with E-state index in [9.17, 15) is 4.79 Å². The highest BCUT2D eigenvalue weighted by Crippen LogP contribution is 2.46. The van der Waals surface area contributed by atoms with E-state index < -0.39 is 0 Å². The Hall–Kier alpha value is -1.76. The molecule has 0 radical (unpaired) electrons. The lowest BCUT2D eigenvalue weighted by Crippen LogP contribution is -2.25. The van der Waals surface area contributed by atoms with Crippen molar-refractivity contribution >= 4 is 32.7 Å². The largest absolute Gasteiger partial charge is 0.302 e. The van der Waals surface area contributed by atoms with E-state index in [1.165, 1.54) is 0 Å². The lowest BCUT2D eigenvalue weighted by atomic mass is 10.1. The quantitative estimate of drug-likeness (QED) is 0.702. The summed E-state index contributed by atoms with van der Waals surface area (Å²) in [6.07, 6.45) is 5.87. The number of unbranched alkanes of at least 4 members (excludes halogenated alkanes) is 1. The molecule has 0 aromatic carbocycles. The number of aryl methyl sites for hydroxylation is 1. The summed E-state index contributed by atoms with van der Waals surface area (Å²) in [6, 6.07) is 1.96. The average molecular weight is 376 g/mol. The van der Waals surface area contributed by atoms with Gasteiger partial charge in [0.25, 0.3) is 5.56 Å². The van der Waals surface area contributed by atoms with Crippen molar-refractivity contribution in [2.24, 2.45) is 0 Å². The predicted octanol–water partition coefficient (Wildman–Crippen LogP) is 3.05. The molecule has 0 bridgehead atoms. The number of hydrogen-bond acceptors (Lipinski definition) is 4. The van der Waals surface area contributed by atoms with E-state index in [4.69, 9.17) is 0 Å².